The van der Waals surface area contributed by atoms with Gasteiger partial charge in [0.05, 0.1) is 21.2 Å². The molecule has 0 spiro atoms. The van der Waals surface area contributed by atoms with Crippen molar-refractivity contribution in [2.24, 2.45) is 0 Å². The van der Waals surface area contributed by atoms with Gasteiger partial charge in [-0.05, 0) is 44.8 Å². The highest BCUT2D eigenvalue weighted by molar-refractivity contribution is 9.08. The van der Waals surface area contributed by atoms with Crippen molar-refractivity contribution in [1.82, 2.24) is 0 Å². The van der Waals surface area contributed by atoms with E-state index in [0.29, 0.717) is 26.4 Å². The molecule has 112 valence electrons. The van der Waals surface area contributed by atoms with E-state index >= 15 is 0 Å². The van der Waals surface area contributed by atoms with Gasteiger partial charge in [0, 0.05) is 5.33 Å². The fraction of sp³-hybridized carbons (Fsp3) is 0.538. The maximum absolute atomic E-state index is 10.3. The smallest absolute Gasteiger partial charge is 0.423 e. The molecule has 0 fully saturated rings. The van der Waals surface area contributed by atoms with Crippen LogP contribution in [0.5, 0.6) is 0 Å². The van der Waals surface area contributed by atoms with Gasteiger partial charge >= 0.3 is 7.12 Å². The largest absolute Gasteiger partial charge is 0.491 e. The molecule has 0 heterocycles. The Morgan fingerprint density at radius 1 is 1.25 bits per heavy atom. The maximum Gasteiger partial charge on any atom is 0.491 e. The number of alkyl halides is 1. The topological polar surface area (TPSA) is 49.7 Å². The number of hydrogen-bond acceptors (Lipinski definition) is 3. The lowest BCUT2D eigenvalue weighted by Gasteiger charge is -2.38. The predicted octanol–water partition coefficient (Wildman–Crippen LogP) is 3.14. The summed E-state index contributed by atoms with van der Waals surface area (Å²) in [5.41, 5.74) is -0.868. The van der Waals surface area contributed by atoms with Gasteiger partial charge in [0.25, 0.3) is 0 Å². The summed E-state index contributed by atoms with van der Waals surface area (Å²) in [6, 6.07) is 3.27. The number of hydrogen-bond donors (Lipinski definition) is 2. The Balaban J connectivity index is 3.11. The summed E-state index contributed by atoms with van der Waals surface area (Å²) in [4.78, 5) is 0. The van der Waals surface area contributed by atoms with Crippen LogP contribution in [0.3, 0.4) is 0 Å². The molecule has 1 aromatic rings. The molecule has 0 amide bonds. The van der Waals surface area contributed by atoms with Gasteiger partial charge in [-0.1, -0.05) is 45.2 Å². The summed E-state index contributed by atoms with van der Waals surface area (Å²) in [6.45, 7) is 6.67. The average Bonchev–Trinajstić information content (AvgIpc) is 2.30. The van der Waals surface area contributed by atoms with Crippen LogP contribution < -0.4 is 5.46 Å². The fourth-order valence-electron chi connectivity index (χ4n) is 1.46. The van der Waals surface area contributed by atoms with Crippen LogP contribution in [0.25, 0.3) is 0 Å². The standard InChI is InChI=1S/C13H18BBrCl2O3/c1-12(2,18)13(3,4)20-14(19)9-5-6-10(16)11(17)8(9)7-15/h5-6,18-19H,7H2,1-4H3. The Morgan fingerprint density at radius 2 is 1.80 bits per heavy atom. The number of benzene rings is 1. The van der Waals surface area contributed by atoms with Crippen molar-refractivity contribution in [2.45, 2.75) is 44.2 Å². The Hall–Kier alpha value is 0.225. The molecular weight excluding hydrogens is 366 g/mol. The van der Waals surface area contributed by atoms with Crippen LogP contribution >= 0.6 is 39.1 Å². The van der Waals surface area contributed by atoms with Crippen LogP contribution in [0.15, 0.2) is 12.1 Å². The van der Waals surface area contributed by atoms with Crippen LogP contribution in [-0.4, -0.2) is 28.5 Å². The zero-order chi connectivity index (χ0) is 15.7. The quantitative estimate of drug-likeness (QED) is 0.606. The van der Waals surface area contributed by atoms with E-state index in [4.69, 9.17) is 27.9 Å². The van der Waals surface area contributed by atoms with Crippen molar-refractivity contribution >= 4 is 51.7 Å². The van der Waals surface area contributed by atoms with E-state index < -0.39 is 18.3 Å². The second-order valence-corrected chi connectivity index (χ2v) is 6.95. The number of rotatable bonds is 5. The summed E-state index contributed by atoms with van der Waals surface area (Å²) >= 11 is 15.4. The van der Waals surface area contributed by atoms with Crippen molar-refractivity contribution < 1.29 is 14.8 Å². The molecule has 0 aromatic heterocycles. The first-order valence-electron chi connectivity index (χ1n) is 6.12. The first-order chi connectivity index (χ1) is 9.01. The molecule has 0 saturated heterocycles. The SMILES string of the molecule is CC(C)(O)C(C)(C)OB(O)c1ccc(Cl)c(Cl)c1CBr. The predicted molar refractivity (Wildman–Crippen MR) is 88.2 cm³/mol. The summed E-state index contributed by atoms with van der Waals surface area (Å²) in [7, 11) is -1.21. The molecule has 1 aromatic carbocycles. The highest BCUT2D eigenvalue weighted by Crippen LogP contribution is 2.28. The lowest BCUT2D eigenvalue weighted by atomic mass is 9.74. The minimum Gasteiger partial charge on any atom is -0.423 e. The summed E-state index contributed by atoms with van der Waals surface area (Å²) in [5, 5.41) is 21.6. The van der Waals surface area contributed by atoms with Crippen LogP contribution in [-0.2, 0) is 9.98 Å². The second-order valence-electron chi connectivity index (χ2n) is 5.60. The highest BCUT2D eigenvalue weighted by atomic mass is 79.9. The number of aliphatic hydroxyl groups is 1. The van der Waals surface area contributed by atoms with E-state index in [1.807, 2.05) is 0 Å². The van der Waals surface area contributed by atoms with Crippen LogP contribution in [0, 0.1) is 0 Å². The van der Waals surface area contributed by atoms with E-state index in [-0.39, 0.29) is 0 Å². The van der Waals surface area contributed by atoms with E-state index in [9.17, 15) is 10.1 Å². The molecule has 0 bridgehead atoms. The van der Waals surface area contributed by atoms with Gasteiger partial charge in [-0.2, -0.15) is 0 Å². The van der Waals surface area contributed by atoms with Gasteiger partial charge < -0.3 is 14.8 Å². The van der Waals surface area contributed by atoms with Crippen LogP contribution in [0.2, 0.25) is 10.0 Å². The molecule has 0 saturated carbocycles. The van der Waals surface area contributed by atoms with E-state index in [2.05, 4.69) is 15.9 Å². The molecule has 0 aliphatic heterocycles. The molecule has 0 aliphatic rings. The lowest BCUT2D eigenvalue weighted by molar-refractivity contribution is -0.0982. The molecule has 2 N–H and O–H groups in total. The van der Waals surface area contributed by atoms with Crippen molar-refractivity contribution in [2.75, 3.05) is 0 Å². The Labute approximate surface area is 138 Å². The molecule has 0 unspecified atom stereocenters. The third kappa shape index (κ3) is 3.90. The van der Waals surface area contributed by atoms with Gasteiger partial charge in [0.1, 0.15) is 0 Å². The Bertz CT molecular complexity index is 489. The van der Waals surface area contributed by atoms with Crippen LogP contribution in [0.1, 0.15) is 33.3 Å². The van der Waals surface area contributed by atoms with Crippen LogP contribution in [0.4, 0.5) is 0 Å². The van der Waals surface area contributed by atoms with Gasteiger partial charge in [-0.3, -0.25) is 0 Å². The zero-order valence-corrected chi connectivity index (χ0v) is 15.0. The summed E-state index contributed by atoms with van der Waals surface area (Å²) < 4.78 is 5.61. The highest BCUT2D eigenvalue weighted by Gasteiger charge is 2.40. The molecular formula is C13H18BBrCl2O3. The van der Waals surface area contributed by atoms with E-state index in [1.54, 1.807) is 39.8 Å². The van der Waals surface area contributed by atoms with E-state index in [0.717, 1.165) is 0 Å². The molecule has 0 atom stereocenters. The maximum atomic E-state index is 10.3. The minimum absolute atomic E-state index is 0.379. The van der Waals surface area contributed by atoms with Gasteiger partial charge in [0.2, 0.25) is 0 Å². The Morgan fingerprint density at radius 3 is 2.25 bits per heavy atom. The zero-order valence-electron chi connectivity index (χ0n) is 11.9. The Kier molecular flexibility index (Phi) is 5.98. The summed E-state index contributed by atoms with van der Waals surface area (Å²) in [6.07, 6.45) is 0. The third-order valence-corrected chi connectivity index (χ3v) is 4.92. The van der Waals surface area contributed by atoms with Crippen molar-refractivity contribution in [3.8, 4) is 0 Å². The molecule has 20 heavy (non-hydrogen) atoms. The monoisotopic (exact) mass is 382 g/mol. The molecule has 7 heteroatoms. The van der Waals surface area contributed by atoms with Gasteiger partial charge in [-0.15, -0.1) is 0 Å². The van der Waals surface area contributed by atoms with Crippen molar-refractivity contribution in [3.63, 3.8) is 0 Å². The van der Waals surface area contributed by atoms with Crippen molar-refractivity contribution in [1.29, 1.82) is 0 Å². The molecule has 0 aliphatic carbocycles. The van der Waals surface area contributed by atoms with E-state index in [1.165, 1.54) is 0 Å². The lowest BCUT2D eigenvalue weighted by Crippen LogP contribution is -2.53. The van der Waals surface area contributed by atoms with Gasteiger partial charge in [0.15, 0.2) is 0 Å². The third-order valence-electron chi connectivity index (χ3n) is 3.51. The second kappa shape index (κ2) is 6.55. The number of halogens is 3. The molecule has 0 radical (unpaired) electrons. The molecule has 3 nitrogen and oxygen atoms in total. The normalized spacial score (nSPS) is 12.7. The first kappa shape index (κ1) is 18.3. The first-order valence-corrected chi connectivity index (χ1v) is 8.00. The van der Waals surface area contributed by atoms with Crippen molar-refractivity contribution in [3.05, 3.63) is 27.7 Å². The fourth-order valence-corrected chi connectivity index (χ4v) is 2.64. The molecule has 1 rings (SSSR count). The minimum atomic E-state index is -1.21. The average molecular weight is 384 g/mol. The summed E-state index contributed by atoms with van der Waals surface area (Å²) in [5.74, 6) is 0. The van der Waals surface area contributed by atoms with Gasteiger partial charge in [-0.25, -0.2) is 0 Å².